The molecule has 1 aliphatic rings. The molecule has 1 unspecified atom stereocenters. The second kappa shape index (κ2) is 5.49. The number of carbonyl (C=O) groups excluding carboxylic acids is 1. The highest BCUT2D eigenvalue weighted by Crippen LogP contribution is 2.14. The zero-order valence-electron chi connectivity index (χ0n) is 9.01. The molecule has 0 radical (unpaired) electrons. The number of alkyl halides is 3. The molecule has 0 aromatic carbocycles. The van der Waals surface area contributed by atoms with Gasteiger partial charge in [-0.2, -0.15) is 13.2 Å². The minimum atomic E-state index is -4.38. The van der Waals surface area contributed by atoms with Crippen LogP contribution in [0.1, 0.15) is 6.92 Å². The third-order valence-corrected chi connectivity index (χ3v) is 2.31. The van der Waals surface area contributed by atoms with E-state index in [1.165, 1.54) is 4.90 Å². The van der Waals surface area contributed by atoms with Gasteiger partial charge in [0.05, 0.1) is 0 Å². The summed E-state index contributed by atoms with van der Waals surface area (Å²) in [5, 5.41) is 3.09. The lowest BCUT2D eigenvalue weighted by Crippen LogP contribution is -2.53. The molecule has 7 heteroatoms. The highest BCUT2D eigenvalue weighted by atomic mass is 19.4. The molecule has 0 aliphatic carbocycles. The predicted octanol–water partition coefficient (Wildman–Crippen LogP) is 0.386. The van der Waals surface area contributed by atoms with Gasteiger partial charge in [0.2, 0.25) is 5.91 Å². The predicted molar refractivity (Wildman–Crippen MR) is 50.9 cm³/mol. The summed E-state index contributed by atoms with van der Waals surface area (Å²) in [6.07, 6.45) is -4.38. The fraction of sp³-hybridized carbons (Fsp3) is 0.889. The second-order valence-electron chi connectivity index (χ2n) is 3.75. The first-order valence-corrected chi connectivity index (χ1v) is 5.05. The van der Waals surface area contributed by atoms with Crippen LogP contribution in [0, 0.1) is 0 Å². The van der Waals surface area contributed by atoms with Crippen LogP contribution in [0.3, 0.4) is 0 Å². The van der Waals surface area contributed by atoms with E-state index in [4.69, 9.17) is 0 Å². The normalized spacial score (nSPS) is 22.2. The van der Waals surface area contributed by atoms with Crippen LogP contribution in [0.15, 0.2) is 0 Å². The number of hydrogen-bond acceptors (Lipinski definition) is 3. The molecule has 1 atom stereocenters. The number of nitrogens with zero attached hydrogens (tertiary/aromatic N) is 1. The van der Waals surface area contributed by atoms with Gasteiger partial charge in [-0.25, -0.2) is 0 Å². The molecule has 1 heterocycles. The number of piperazine rings is 1. The minimum Gasteiger partial charge on any atom is -0.362 e. The van der Waals surface area contributed by atoms with Crippen molar-refractivity contribution in [2.45, 2.75) is 19.1 Å². The average molecular weight is 240 g/mol. The van der Waals surface area contributed by atoms with Crippen molar-refractivity contribution >= 4 is 5.91 Å². The van der Waals surface area contributed by atoms with E-state index in [1.54, 1.807) is 0 Å². The van der Waals surface area contributed by atoms with Crippen LogP contribution in [0.2, 0.25) is 0 Å². The standard InChI is InChI=1S/C9H15F3N2O2/c1-7-4-13-2-3-14(7)8(15)5-16-6-9(10,11)12/h7,13H,2-6H2,1H3. The number of amides is 1. The van der Waals surface area contributed by atoms with E-state index in [-0.39, 0.29) is 6.04 Å². The van der Waals surface area contributed by atoms with Crippen molar-refractivity contribution < 1.29 is 22.7 Å². The molecule has 0 bridgehead atoms. The quantitative estimate of drug-likeness (QED) is 0.775. The third-order valence-electron chi connectivity index (χ3n) is 2.31. The van der Waals surface area contributed by atoms with E-state index < -0.39 is 25.3 Å². The fourth-order valence-electron chi connectivity index (χ4n) is 1.55. The molecule has 0 spiro atoms. The summed E-state index contributed by atoms with van der Waals surface area (Å²) in [6.45, 7) is 1.78. The van der Waals surface area contributed by atoms with Crippen molar-refractivity contribution in [1.82, 2.24) is 10.2 Å². The smallest absolute Gasteiger partial charge is 0.362 e. The molecule has 1 N–H and O–H groups in total. The lowest BCUT2D eigenvalue weighted by molar-refractivity contribution is -0.178. The Morgan fingerprint density at radius 1 is 1.56 bits per heavy atom. The van der Waals surface area contributed by atoms with E-state index in [2.05, 4.69) is 10.1 Å². The maximum Gasteiger partial charge on any atom is 0.411 e. The summed E-state index contributed by atoms with van der Waals surface area (Å²) >= 11 is 0. The van der Waals surface area contributed by atoms with E-state index in [1.807, 2.05) is 6.92 Å². The van der Waals surface area contributed by atoms with E-state index >= 15 is 0 Å². The highest BCUT2D eigenvalue weighted by molar-refractivity contribution is 5.77. The number of rotatable bonds is 3. The zero-order valence-corrected chi connectivity index (χ0v) is 9.01. The Balaban J connectivity index is 2.29. The van der Waals surface area contributed by atoms with E-state index in [9.17, 15) is 18.0 Å². The Hall–Kier alpha value is -0.820. The first-order valence-electron chi connectivity index (χ1n) is 5.05. The minimum absolute atomic E-state index is 0.00395. The van der Waals surface area contributed by atoms with Gasteiger partial charge in [-0.1, -0.05) is 0 Å². The van der Waals surface area contributed by atoms with Gasteiger partial charge in [-0.15, -0.1) is 0 Å². The van der Waals surface area contributed by atoms with Crippen molar-refractivity contribution in [3.05, 3.63) is 0 Å². The Kier molecular flexibility index (Phi) is 4.55. The molecule has 0 saturated carbocycles. The maximum atomic E-state index is 11.8. The van der Waals surface area contributed by atoms with Crippen LogP contribution in [-0.2, 0) is 9.53 Å². The molecule has 94 valence electrons. The molecule has 1 rings (SSSR count). The fourth-order valence-corrected chi connectivity index (χ4v) is 1.55. The van der Waals surface area contributed by atoms with Gasteiger partial charge in [-0.05, 0) is 6.92 Å². The van der Waals surface area contributed by atoms with Crippen molar-refractivity contribution in [1.29, 1.82) is 0 Å². The van der Waals surface area contributed by atoms with E-state index in [0.717, 1.165) is 0 Å². The summed E-state index contributed by atoms with van der Waals surface area (Å²) in [7, 11) is 0. The van der Waals surface area contributed by atoms with Crippen LogP contribution in [0.4, 0.5) is 13.2 Å². The van der Waals surface area contributed by atoms with E-state index in [0.29, 0.717) is 19.6 Å². The maximum absolute atomic E-state index is 11.8. The Morgan fingerprint density at radius 3 is 2.81 bits per heavy atom. The third kappa shape index (κ3) is 4.36. The summed E-state index contributed by atoms with van der Waals surface area (Å²) in [5.41, 5.74) is 0. The van der Waals surface area contributed by atoms with Gasteiger partial charge in [0.15, 0.2) is 0 Å². The topological polar surface area (TPSA) is 41.6 Å². The van der Waals surface area contributed by atoms with Crippen LogP contribution in [0.25, 0.3) is 0 Å². The number of hydrogen-bond donors (Lipinski definition) is 1. The highest BCUT2D eigenvalue weighted by Gasteiger charge is 2.29. The average Bonchev–Trinajstić information content (AvgIpc) is 2.16. The van der Waals surface area contributed by atoms with Gasteiger partial charge >= 0.3 is 6.18 Å². The molecular formula is C9H15F3N2O2. The van der Waals surface area contributed by atoms with Gasteiger partial charge in [0, 0.05) is 25.7 Å². The molecule has 1 fully saturated rings. The van der Waals surface area contributed by atoms with Crippen LogP contribution >= 0.6 is 0 Å². The number of ether oxygens (including phenoxy) is 1. The molecule has 0 aromatic rings. The van der Waals surface area contributed by atoms with Crippen molar-refractivity contribution in [3.63, 3.8) is 0 Å². The lowest BCUT2D eigenvalue weighted by Gasteiger charge is -2.33. The van der Waals surface area contributed by atoms with Crippen molar-refractivity contribution in [2.75, 3.05) is 32.8 Å². The van der Waals surface area contributed by atoms with Crippen molar-refractivity contribution in [2.24, 2.45) is 0 Å². The first-order chi connectivity index (χ1) is 7.40. The summed E-state index contributed by atoms with van der Waals surface area (Å²) in [6, 6.07) is -0.00395. The summed E-state index contributed by atoms with van der Waals surface area (Å²) in [5.74, 6) is -0.391. The first kappa shape index (κ1) is 13.2. The summed E-state index contributed by atoms with van der Waals surface area (Å²) < 4.78 is 39.6. The van der Waals surface area contributed by atoms with Gasteiger partial charge in [-0.3, -0.25) is 4.79 Å². The van der Waals surface area contributed by atoms with Crippen LogP contribution in [-0.4, -0.2) is 55.9 Å². The monoisotopic (exact) mass is 240 g/mol. The van der Waals surface area contributed by atoms with Crippen LogP contribution < -0.4 is 5.32 Å². The van der Waals surface area contributed by atoms with Crippen LogP contribution in [0.5, 0.6) is 0 Å². The molecule has 1 saturated heterocycles. The second-order valence-corrected chi connectivity index (χ2v) is 3.75. The van der Waals surface area contributed by atoms with Crippen molar-refractivity contribution in [3.8, 4) is 0 Å². The zero-order chi connectivity index (χ0) is 12.2. The number of nitrogens with one attached hydrogen (secondary N) is 1. The lowest BCUT2D eigenvalue weighted by atomic mass is 10.2. The van der Waals surface area contributed by atoms with Gasteiger partial charge in [0.1, 0.15) is 13.2 Å². The Morgan fingerprint density at radius 2 is 2.25 bits per heavy atom. The molecule has 0 aromatic heterocycles. The SMILES string of the molecule is CC1CNCCN1C(=O)COCC(F)(F)F. The largest absolute Gasteiger partial charge is 0.411 e. The van der Waals surface area contributed by atoms with Gasteiger partial charge < -0.3 is 15.0 Å². The molecule has 16 heavy (non-hydrogen) atoms. The molecule has 4 nitrogen and oxygen atoms in total. The summed E-state index contributed by atoms with van der Waals surface area (Å²) in [4.78, 5) is 13.0. The number of halogens is 3. The Bertz CT molecular complexity index is 245. The molecule has 1 aliphatic heterocycles. The van der Waals surface area contributed by atoms with Gasteiger partial charge in [0.25, 0.3) is 0 Å². The molecule has 1 amide bonds. The number of carbonyl (C=O) groups is 1. The Labute approximate surface area is 91.7 Å². The molecular weight excluding hydrogens is 225 g/mol.